The van der Waals surface area contributed by atoms with E-state index < -0.39 is 5.82 Å². The third-order valence-corrected chi connectivity index (χ3v) is 3.50. The van der Waals surface area contributed by atoms with Gasteiger partial charge in [-0.2, -0.15) is 5.26 Å². The zero-order valence-corrected chi connectivity index (χ0v) is 12.4. The summed E-state index contributed by atoms with van der Waals surface area (Å²) < 4.78 is 14.8. The Kier molecular flexibility index (Phi) is 4.02. The van der Waals surface area contributed by atoms with Crippen molar-refractivity contribution in [2.45, 2.75) is 0 Å². The van der Waals surface area contributed by atoms with Crippen molar-refractivity contribution in [1.82, 2.24) is 0 Å². The number of rotatable bonds is 2. The summed E-state index contributed by atoms with van der Waals surface area (Å²) in [5.74, 6) is -0.754. The van der Waals surface area contributed by atoms with E-state index in [2.05, 4.69) is 21.2 Å². The summed E-state index contributed by atoms with van der Waals surface area (Å²) >= 11 is 9.01. The molecule has 0 spiro atoms. The highest BCUT2D eigenvalue weighted by Gasteiger charge is 2.15. The fraction of sp³-hybridized carbons (Fsp3) is 0. The van der Waals surface area contributed by atoms with Crippen molar-refractivity contribution in [1.29, 1.82) is 5.26 Å². The molecule has 2 rings (SSSR count). The molecular formula is C13H9BrClFN4. The van der Waals surface area contributed by atoms with Gasteiger partial charge in [-0.15, -0.1) is 0 Å². The maximum absolute atomic E-state index is 14.1. The van der Waals surface area contributed by atoms with Gasteiger partial charge >= 0.3 is 0 Å². The molecule has 0 atom stereocenters. The largest absolute Gasteiger partial charge is 0.397 e. The SMILES string of the molecule is N#Cc1cc(Br)ccc1Nc1c(N)cc(N)c(Cl)c1F. The Morgan fingerprint density at radius 1 is 1.25 bits per heavy atom. The highest BCUT2D eigenvalue weighted by atomic mass is 79.9. The van der Waals surface area contributed by atoms with Gasteiger partial charge in [-0.1, -0.05) is 27.5 Å². The van der Waals surface area contributed by atoms with Gasteiger partial charge in [0.05, 0.1) is 28.3 Å². The maximum Gasteiger partial charge on any atom is 0.169 e. The molecule has 0 aliphatic rings. The van der Waals surface area contributed by atoms with Gasteiger partial charge in [0.1, 0.15) is 11.1 Å². The summed E-state index contributed by atoms with van der Waals surface area (Å²) in [6, 6.07) is 8.32. The first-order chi connectivity index (χ1) is 9.43. The summed E-state index contributed by atoms with van der Waals surface area (Å²) in [5.41, 5.74) is 12.2. The highest BCUT2D eigenvalue weighted by molar-refractivity contribution is 9.10. The van der Waals surface area contributed by atoms with Crippen LogP contribution in [0.2, 0.25) is 5.02 Å². The van der Waals surface area contributed by atoms with Crippen molar-refractivity contribution in [3.8, 4) is 6.07 Å². The molecule has 0 aromatic heterocycles. The fourth-order valence-electron chi connectivity index (χ4n) is 1.65. The Bertz CT molecular complexity index is 727. The van der Waals surface area contributed by atoms with Crippen molar-refractivity contribution >= 4 is 50.3 Å². The van der Waals surface area contributed by atoms with Crippen molar-refractivity contribution in [2.24, 2.45) is 0 Å². The van der Waals surface area contributed by atoms with Crippen molar-refractivity contribution < 1.29 is 4.39 Å². The molecule has 102 valence electrons. The molecule has 0 unspecified atom stereocenters. The molecule has 4 nitrogen and oxygen atoms in total. The van der Waals surface area contributed by atoms with Gasteiger partial charge in [-0.3, -0.25) is 0 Å². The van der Waals surface area contributed by atoms with Crippen LogP contribution in [0.3, 0.4) is 0 Å². The van der Waals surface area contributed by atoms with Crippen LogP contribution in [0, 0.1) is 17.1 Å². The Morgan fingerprint density at radius 3 is 2.60 bits per heavy atom. The molecule has 0 radical (unpaired) electrons. The normalized spacial score (nSPS) is 10.1. The van der Waals surface area contributed by atoms with Gasteiger partial charge in [0.25, 0.3) is 0 Å². The molecule has 0 fully saturated rings. The standard InChI is InChI=1S/C13H9BrClFN4/c14-7-1-2-10(6(3-7)5-17)20-13-9(19)4-8(18)11(15)12(13)16/h1-4,20H,18-19H2. The monoisotopic (exact) mass is 354 g/mol. The van der Waals surface area contributed by atoms with E-state index in [0.29, 0.717) is 11.3 Å². The van der Waals surface area contributed by atoms with Gasteiger partial charge in [0.2, 0.25) is 0 Å². The number of anilines is 4. The van der Waals surface area contributed by atoms with Gasteiger partial charge < -0.3 is 16.8 Å². The van der Waals surface area contributed by atoms with Gasteiger partial charge in [-0.05, 0) is 24.3 Å². The molecule has 0 aliphatic carbocycles. The van der Waals surface area contributed by atoms with E-state index in [1.807, 2.05) is 6.07 Å². The minimum Gasteiger partial charge on any atom is -0.397 e. The van der Waals surface area contributed by atoms with E-state index in [9.17, 15) is 4.39 Å². The van der Waals surface area contributed by atoms with E-state index in [4.69, 9.17) is 28.3 Å². The Balaban J connectivity index is 2.51. The van der Waals surface area contributed by atoms with Crippen LogP contribution in [-0.2, 0) is 0 Å². The molecular weight excluding hydrogens is 347 g/mol. The number of nitrogens with two attached hydrogens (primary N) is 2. The zero-order chi connectivity index (χ0) is 14.9. The lowest BCUT2D eigenvalue weighted by Gasteiger charge is -2.14. The average molecular weight is 356 g/mol. The van der Waals surface area contributed by atoms with E-state index >= 15 is 0 Å². The molecule has 0 aliphatic heterocycles. The number of halogens is 3. The summed E-state index contributed by atoms with van der Waals surface area (Å²) in [7, 11) is 0. The first-order valence-electron chi connectivity index (χ1n) is 5.43. The molecule has 2 aromatic rings. The van der Waals surface area contributed by atoms with Crippen molar-refractivity contribution in [3.05, 3.63) is 45.1 Å². The maximum atomic E-state index is 14.1. The van der Waals surface area contributed by atoms with Crippen LogP contribution in [0.4, 0.5) is 27.1 Å². The van der Waals surface area contributed by atoms with Crippen LogP contribution in [0.25, 0.3) is 0 Å². The molecule has 0 saturated carbocycles. The second kappa shape index (κ2) is 5.57. The molecule has 7 heteroatoms. The third-order valence-electron chi connectivity index (χ3n) is 2.63. The number of benzene rings is 2. The number of nitriles is 1. The summed E-state index contributed by atoms with van der Waals surface area (Å²) in [5, 5.41) is 11.6. The second-order valence-electron chi connectivity index (χ2n) is 3.98. The van der Waals surface area contributed by atoms with Crippen LogP contribution in [0.1, 0.15) is 5.56 Å². The lowest BCUT2D eigenvalue weighted by atomic mass is 10.1. The van der Waals surface area contributed by atoms with E-state index in [1.165, 1.54) is 6.07 Å². The Hall–Kier alpha value is -1.97. The minimum atomic E-state index is -0.754. The van der Waals surface area contributed by atoms with Crippen LogP contribution in [-0.4, -0.2) is 0 Å². The third kappa shape index (κ3) is 2.64. The molecule has 0 saturated heterocycles. The summed E-state index contributed by atoms with van der Waals surface area (Å²) in [4.78, 5) is 0. The van der Waals surface area contributed by atoms with Gasteiger partial charge in [-0.25, -0.2) is 4.39 Å². The molecule has 20 heavy (non-hydrogen) atoms. The fourth-order valence-corrected chi connectivity index (χ4v) is 2.16. The predicted octanol–water partition coefficient (Wildman–Crippen LogP) is 4.02. The molecule has 5 N–H and O–H groups in total. The van der Waals surface area contributed by atoms with Crippen LogP contribution >= 0.6 is 27.5 Å². The average Bonchev–Trinajstić information content (AvgIpc) is 2.42. The molecule has 2 aromatic carbocycles. The minimum absolute atomic E-state index is 0.0111. The van der Waals surface area contributed by atoms with Crippen LogP contribution in [0.5, 0.6) is 0 Å². The number of hydrogen-bond donors (Lipinski definition) is 3. The predicted molar refractivity (Wildman–Crippen MR) is 82.4 cm³/mol. The topological polar surface area (TPSA) is 87.9 Å². The summed E-state index contributed by atoms with van der Waals surface area (Å²) in [6.07, 6.45) is 0. The molecule has 0 heterocycles. The van der Waals surface area contributed by atoms with Crippen LogP contribution < -0.4 is 16.8 Å². The highest BCUT2D eigenvalue weighted by Crippen LogP contribution is 2.36. The Morgan fingerprint density at radius 2 is 1.95 bits per heavy atom. The van der Waals surface area contributed by atoms with Crippen molar-refractivity contribution in [2.75, 3.05) is 16.8 Å². The van der Waals surface area contributed by atoms with E-state index in [1.54, 1.807) is 18.2 Å². The van der Waals surface area contributed by atoms with Gasteiger partial charge in [0, 0.05) is 4.47 Å². The number of nitrogens with one attached hydrogen (secondary N) is 1. The van der Waals surface area contributed by atoms with Gasteiger partial charge in [0.15, 0.2) is 5.82 Å². The summed E-state index contributed by atoms with van der Waals surface area (Å²) in [6.45, 7) is 0. The van der Waals surface area contributed by atoms with Crippen molar-refractivity contribution in [3.63, 3.8) is 0 Å². The first-order valence-corrected chi connectivity index (χ1v) is 6.60. The quantitative estimate of drug-likeness (QED) is 0.710. The molecule has 0 amide bonds. The zero-order valence-electron chi connectivity index (χ0n) is 10.0. The molecule has 0 bridgehead atoms. The lowest BCUT2D eigenvalue weighted by Crippen LogP contribution is -2.03. The number of nitrogen functional groups attached to an aromatic ring is 2. The first kappa shape index (κ1) is 14.4. The van der Waals surface area contributed by atoms with E-state index in [-0.39, 0.29) is 22.1 Å². The Labute approximate surface area is 128 Å². The van der Waals surface area contributed by atoms with Crippen LogP contribution in [0.15, 0.2) is 28.7 Å². The number of hydrogen-bond acceptors (Lipinski definition) is 4. The lowest BCUT2D eigenvalue weighted by molar-refractivity contribution is 0.633. The number of nitrogens with zero attached hydrogens (tertiary/aromatic N) is 1. The smallest absolute Gasteiger partial charge is 0.169 e. The second-order valence-corrected chi connectivity index (χ2v) is 5.28. The van der Waals surface area contributed by atoms with E-state index in [0.717, 1.165) is 4.47 Å².